The van der Waals surface area contributed by atoms with Gasteiger partial charge in [0, 0.05) is 32.2 Å². The molecule has 0 bridgehead atoms. The summed E-state index contributed by atoms with van der Waals surface area (Å²) in [6.07, 6.45) is 4.90. The molecular formula is C16H19N7O. The minimum absolute atomic E-state index is 0.139. The molecule has 0 radical (unpaired) electrons. The minimum Gasteiger partial charge on any atom is -0.346 e. The fourth-order valence-corrected chi connectivity index (χ4v) is 2.59. The van der Waals surface area contributed by atoms with Crippen molar-refractivity contribution >= 4 is 5.91 Å². The average Bonchev–Trinajstić information content (AvgIpc) is 3.06. The Hall–Kier alpha value is -3.03. The Bertz CT molecular complexity index is 879. The molecule has 0 saturated heterocycles. The van der Waals surface area contributed by atoms with Crippen LogP contribution < -0.4 is 5.32 Å². The van der Waals surface area contributed by atoms with Gasteiger partial charge >= 0.3 is 0 Å². The van der Waals surface area contributed by atoms with E-state index in [2.05, 4.69) is 25.5 Å². The van der Waals surface area contributed by atoms with Crippen LogP contribution in [0.4, 0.5) is 0 Å². The van der Waals surface area contributed by atoms with Crippen molar-refractivity contribution in [1.29, 1.82) is 0 Å². The van der Waals surface area contributed by atoms with Crippen molar-refractivity contribution in [2.75, 3.05) is 0 Å². The highest BCUT2D eigenvalue weighted by Crippen LogP contribution is 2.16. The van der Waals surface area contributed by atoms with Gasteiger partial charge in [-0.3, -0.25) is 24.1 Å². The van der Waals surface area contributed by atoms with Crippen molar-refractivity contribution in [3.05, 3.63) is 47.3 Å². The molecule has 1 N–H and O–H groups in total. The third-order valence-corrected chi connectivity index (χ3v) is 3.97. The van der Waals surface area contributed by atoms with Gasteiger partial charge in [-0.25, -0.2) is 0 Å². The molecule has 0 aliphatic heterocycles. The number of aromatic nitrogens is 6. The predicted molar refractivity (Wildman–Crippen MR) is 88.1 cm³/mol. The van der Waals surface area contributed by atoms with Crippen molar-refractivity contribution < 1.29 is 4.79 Å². The zero-order valence-electron chi connectivity index (χ0n) is 14.1. The molecule has 0 aliphatic rings. The molecule has 0 fully saturated rings. The summed E-state index contributed by atoms with van der Waals surface area (Å²) in [7, 11) is 3.66. The van der Waals surface area contributed by atoms with Gasteiger partial charge in [-0.1, -0.05) is 0 Å². The van der Waals surface area contributed by atoms with Gasteiger partial charge in [0.1, 0.15) is 11.4 Å². The normalized spacial score (nSPS) is 10.8. The quantitative estimate of drug-likeness (QED) is 0.777. The van der Waals surface area contributed by atoms with E-state index >= 15 is 0 Å². The number of nitrogens with one attached hydrogen (secondary N) is 1. The smallest absolute Gasteiger partial charge is 0.255 e. The monoisotopic (exact) mass is 325 g/mol. The summed E-state index contributed by atoms with van der Waals surface area (Å²) in [4.78, 5) is 20.7. The first-order valence-electron chi connectivity index (χ1n) is 7.55. The van der Waals surface area contributed by atoms with Crippen molar-refractivity contribution in [2.45, 2.75) is 20.4 Å². The van der Waals surface area contributed by atoms with E-state index in [1.54, 1.807) is 28.0 Å². The molecule has 3 heterocycles. The fraction of sp³-hybridized carbons (Fsp3) is 0.312. The molecule has 124 valence electrons. The summed E-state index contributed by atoms with van der Waals surface area (Å²) >= 11 is 0. The van der Waals surface area contributed by atoms with Gasteiger partial charge < -0.3 is 5.32 Å². The lowest BCUT2D eigenvalue weighted by Gasteiger charge is -2.05. The van der Waals surface area contributed by atoms with Crippen LogP contribution in [0, 0.1) is 13.8 Å². The lowest BCUT2D eigenvalue weighted by atomic mass is 10.2. The molecule has 0 aromatic carbocycles. The Kier molecular flexibility index (Phi) is 4.11. The van der Waals surface area contributed by atoms with Crippen molar-refractivity contribution in [3.63, 3.8) is 0 Å². The highest BCUT2D eigenvalue weighted by atomic mass is 16.1. The third kappa shape index (κ3) is 2.90. The van der Waals surface area contributed by atoms with Crippen LogP contribution in [0.25, 0.3) is 11.4 Å². The van der Waals surface area contributed by atoms with E-state index in [1.165, 1.54) is 0 Å². The van der Waals surface area contributed by atoms with E-state index in [-0.39, 0.29) is 5.91 Å². The zero-order chi connectivity index (χ0) is 17.3. The Balaban J connectivity index is 1.75. The molecule has 1 amide bonds. The second kappa shape index (κ2) is 6.23. The van der Waals surface area contributed by atoms with Gasteiger partial charge in [-0.15, -0.1) is 0 Å². The highest BCUT2D eigenvalue weighted by molar-refractivity contribution is 5.96. The van der Waals surface area contributed by atoms with Crippen molar-refractivity contribution in [1.82, 2.24) is 34.8 Å². The van der Waals surface area contributed by atoms with E-state index in [9.17, 15) is 4.79 Å². The topological polar surface area (TPSA) is 90.5 Å². The second-order valence-electron chi connectivity index (χ2n) is 5.59. The van der Waals surface area contributed by atoms with E-state index in [0.717, 1.165) is 22.8 Å². The molecule has 0 unspecified atom stereocenters. The maximum absolute atomic E-state index is 12.4. The van der Waals surface area contributed by atoms with Gasteiger partial charge in [0.2, 0.25) is 0 Å². The summed E-state index contributed by atoms with van der Waals surface area (Å²) in [5.41, 5.74) is 4.48. The standard InChI is InChI=1S/C16H19N7O/c1-10-15(11(2)22(3)20-10)16(24)19-8-12-7-13(21-23(12)4)14-9-17-5-6-18-14/h5-7,9H,8H2,1-4H3,(H,19,24). The molecule has 0 aliphatic carbocycles. The lowest BCUT2D eigenvalue weighted by molar-refractivity contribution is 0.0948. The van der Waals surface area contributed by atoms with Crippen LogP contribution in [0.5, 0.6) is 0 Å². The molecule has 3 rings (SSSR count). The molecule has 24 heavy (non-hydrogen) atoms. The molecular weight excluding hydrogens is 306 g/mol. The fourth-order valence-electron chi connectivity index (χ4n) is 2.59. The number of hydrogen-bond donors (Lipinski definition) is 1. The summed E-state index contributed by atoms with van der Waals surface area (Å²) in [5.74, 6) is -0.139. The molecule has 8 nitrogen and oxygen atoms in total. The SMILES string of the molecule is Cc1nn(C)c(C)c1C(=O)NCc1cc(-c2cnccn2)nn1C. The molecule has 0 spiro atoms. The van der Waals surface area contributed by atoms with Crippen molar-refractivity contribution in [2.24, 2.45) is 14.1 Å². The van der Waals surface area contributed by atoms with E-state index in [4.69, 9.17) is 0 Å². The average molecular weight is 325 g/mol. The summed E-state index contributed by atoms with van der Waals surface area (Å²) < 4.78 is 3.44. The summed E-state index contributed by atoms with van der Waals surface area (Å²) in [6, 6.07) is 1.90. The lowest BCUT2D eigenvalue weighted by Crippen LogP contribution is -2.25. The second-order valence-corrected chi connectivity index (χ2v) is 5.59. The number of rotatable bonds is 4. The number of carbonyl (C=O) groups excluding carboxylic acids is 1. The zero-order valence-corrected chi connectivity index (χ0v) is 14.1. The highest BCUT2D eigenvalue weighted by Gasteiger charge is 2.17. The van der Waals surface area contributed by atoms with Crippen LogP contribution in [-0.2, 0) is 20.6 Å². The largest absolute Gasteiger partial charge is 0.346 e. The number of hydrogen-bond acceptors (Lipinski definition) is 5. The van der Waals surface area contributed by atoms with Gasteiger partial charge in [0.25, 0.3) is 5.91 Å². The first-order valence-corrected chi connectivity index (χ1v) is 7.55. The van der Waals surface area contributed by atoms with E-state index in [0.29, 0.717) is 17.8 Å². The number of aryl methyl sites for hydroxylation is 3. The number of amides is 1. The van der Waals surface area contributed by atoms with Crippen molar-refractivity contribution in [3.8, 4) is 11.4 Å². The van der Waals surface area contributed by atoms with E-state index in [1.807, 2.05) is 34.0 Å². The van der Waals surface area contributed by atoms with Crippen LogP contribution in [-0.4, -0.2) is 35.4 Å². The number of nitrogens with zero attached hydrogens (tertiary/aromatic N) is 6. The molecule has 3 aromatic rings. The van der Waals surface area contributed by atoms with Crippen LogP contribution in [0.15, 0.2) is 24.7 Å². The first kappa shape index (κ1) is 15.9. The Morgan fingerprint density at radius 1 is 1.12 bits per heavy atom. The van der Waals surface area contributed by atoms with Crippen LogP contribution in [0.3, 0.4) is 0 Å². The van der Waals surface area contributed by atoms with Crippen LogP contribution >= 0.6 is 0 Å². The Morgan fingerprint density at radius 2 is 1.92 bits per heavy atom. The summed E-state index contributed by atoms with van der Waals surface area (Å²) in [5, 5.41) is 11.6. The Morgan fingerprint density at radius 3 is 2.54 bits per heavy atom. The molecule has 0 saturated carbocycles. The Labute approximate surface area is 139 Å². The third-order valence-electron chi connectivity index (χ3n) is 3.97. The van der Waals surface area contributed by atoms with E-state index < -0.39 is 0 Å². The predicted octanol–water partition coefficient (Wildman–Crippen LogP) is 1.16. The maximum atomic E-state index is 12.4. The minimum atomic E-state index is -0.139. The number of carbonyl (C=O) groups is 1. The van der Waals surface area contributed by atoms with Crippen LogP contribution in [0.1, 0.15) is 27.4 Å². The van der Waals surface area contributed by atoms with Gasteiger partial charge in [0.05, 0.1) is 29.7 Å². The van der Waals surface area contributed by atoms with Crippen LogP contribution in [0.2, 0.25) is 0 Å². The van der Waals surface area contributed by atoms with Gasteiger partial charge in [-0.05, 0) is 19.9 Å². The first-order chi connectivity index (χ1) is 11.5. The maximum Gasteiger partial charge on any atom is 0.255 e. The van der Waals surface area contributed by atoms with Gasteiger partial charge in [0.15, 0.2) is 0 Å². The summed E-state index contributed by atoms with van der Waals surface area (Å²) in [6.45, 7) is 4.08. The molecule has 3 aromatic heterocycles. The van der Waals surface area contributed by atoms with Gasteiger partial charge in [-0.2, -0.15) is 10.2 Å². The molecule has 8 heteroatoms. The molecule has 0 atom stereocenters.